The molecule has 9 rings (SSSR count). The van der Waals surface area contributed by atoms with Crippen molar-refractivity contribution in [3.63, 3.8) is 0 Å². The van der Waals surface area contributed by atoms with Gasteiger partial charge in [0, 0.05) is 29.0 Å². The number of nitrogens with zero attached hydrogens (tertiary/aromatic N) is 4. The molecule has 4 aromatic rings. The van der Waals surface area contributed by atoms with Crippen LogP contribution in [0.5, 0.6) is 5.75 Å². The van der Waals surface area contributed by atoms with E-state index in [1.54, 1.807) is 28.9 Å². The van der Waals surface area contributed by atoms with Crippen LogP contribution in [-0.2, 0) is 16.1 Å². The van der Waals surface area contributed by atoms with Crippen molar-refractivity contribution in [3.8, 4) is 11.4 Å². The van der Waals surface area contributed by atoms with Gasteiger partial charge in [0.1, 0.15) is 5.75 Å². The number of urea groups is 1. The first-order valence-corrected chi connectivity index (χ1v) is 17.8. The van der Waals surface area contributed by atoms with E-state index in [0.29, 0.717) is 17.3 Å². The highest BCUT2D eigenvalue weighted by Crippen LogP contribution is 2.55. The van der Waals surface area contributed by atoms with Gasteiger partial charge in [-0.1, -0.05) is 48.2 Å². The van der Waals surface area contributed by atoms with E-state index < -0.39 is 6.29 Å². The maximum absolute atomic E-state index is 13.2. The van der Waals surface area contributed by atoms with E-state index in [1.807, 2.05) is 48.5 Å². The summed E-state index contributed by atoms with van der Waals surface area (Å²) < 4.78 is 14.7. The minimum absolute atomic E-state index is 0.0203. The quantitative estimate of drug-likeness (QED) is 0.151. The number of aliphatic hydroxyl groups is 1. The van der Waals surface area contributed by atoms with Crippen LogP contribution in [0.25, 0.3) is 5.69 Å². The maximum atomic E-state index is 13.2. The lowest BCUT2D eigenvalue weighted by Gasteiger charge is -2.56. The minimum atomic E-state index is -0.630. The molecule has 48 heavy (non-hydrogen) atoms. The van der Waals surface area contributed by atoms with Gasteiger partial charge in [0.05, 0.1) is 24.5 Å². The summed E-state index contributed by atoms with van der Waals surface area (Å²) in [5.41, 5.74) is 4.11. The second kappa shape index (κ2) is 13.1. The molecule has 12 heteroatoms. The summed E-state index contributed by atoms with van der Waals surface area (Å²) in [6, 6.07) is 22.1. The number of nitrogens with one attached hydrogen (secondary N) is 2. The van der Waals surface area contributed by atoms with Crippen LogP contribution in [0, 0.1) is 17.8 Å². The van der Waals surface area contributed by atoms with Crippen LogP contribution in [-0.4, -0.2) is 53.8 Å². The molecule has 0 radical (unpaired) electrons. The summed E-state index contributed by atoms with van der Waals surface area (Å²) in [4.78, 5) is 13.2. The van der Waals surface area contributed by atoms with Crippen molar-refractivity contribution in [2.24, 2.45) is 17.8 Å². The van der Waals surface area contributed by atoms with Crippen molar-refractivity contribution in [2.75, 3.05) is 11.1 Å². The molecular formula is C36H40N6O5S. The summed E-state index contributed by atoms with van der Waals surface area (Å²) in [7, 11) is 0. The van der Waals surface area contributed by atoms with Gasteiger partial charge in [0.15, 0.2) is 6.29 Å². The summed E-state index contributed by atoms with van der Waals surface area (Å²) in [5, 5.41) is 38.5. The first-order valence-electron chi connectivity index (χ1n) is 16.8. The van der Waals surface area contributed by atoms with Crippen molar-refractivity contribution >= 4 is 23.5 Å². The monoisotopic (exact) mass is 668 g/mol. The van der Waals surface area contributed by atoms with Crippen LogP contribution >= 0.6 is 11.8 Å². The number of amides is 2. The molecule has 1 aromatic heterocycles. The van der Waals surface area contributed by atoms with Crippen LogP contribution in [0.2, 0.25) is 0 Å². The third-order valence-corrected chi connectivity index (χ3v) is 11.5. The van der Waals surface area contributed by atoms with Crippen molar-refractivity contribution < 1.29 is 24.5 Å². The second-order valence-electron chi connectivity index (χ2n) is 13.9. The highest BCUT2D eigenvalue weighted by molar-refractivity contribution is 7.99. The van der Waals surface area contributed by atoms with Gasteiger partial charge in [-0.2, -0.15) is 4.68 Å². The SMILES string of the molecule is O=C(Nc1ccc(C2OC(CSc3nnnn3-c3ccc(O)cc3)CC(c3ccc(CO)cc3)O2)cc1)NC12CC3CC(CC(C3)C1)C2. The van der Waals surface area contributed by atoms with E-state index in [2.05, 4.69) is 26.2 Å². The maximum Gasteiger partial charge on any atom is 0.319 e. The van der Waals surface area contributed by atoms with Gasteiger partial charge in [-0.3, -0.25) is 0 Å². The molecule has 4 aliphatic carbocycles. The van der Waals surface area contributed by atoms with E-state index in [4.69, 9.17) is 9.47 Å². The number of aliphatic hydroxyl groups excluding tert-OH is 1. The lowest BCUT2D eigenvalue weighted by molar-refractivity contribution is -0.245. The number of ether oxygens (including phenoxy) is 2. The van der Waals surface area contributed by atoms with Gasteiger partial charge in [0.25, 0.3) is 0 Å². The van der Waals surface area contributed by atoms with Gasteiger partial charge in [-0.05, 0) is 114 Å². The Balaban J connectivity index is 0.951. The van der Waals surface area contributed by atoms with Crippen LogP contribution < -0.4 is 10.6 Å². The first-order chi connectivity index (χ1) is 23.4. The van der Waals surface area contributed by atoms with E-state index in [1.165, 1.54) is 31.0 Å². The lowest BCUT2D eigenvalue weighted by atomic mass is 9.53. The molecule has 4 N–H and O–H groups in total. The Morgan fingerprint density at radius 3 is 2.21 bits per heavy atom. The number of carbonyl (C=O) groups excluding carboxylic acids is 1. The normalized spacial score (nSPS) is 29.1. The van der Waals surface area contributed by atoms with Gasteiger partial charge in [0.2, 0.25) is 5.16 Å². The lowest BCUT2D eigenvalue weighted by Crippen LogP contribution is -2.60. The number of hydrogen-bond acceptors (Lipinski definition) is 9. The largest absolute Gasteiger partial charge is 0.508 e. The number of benzene rings is 3. The number of tetrazole rings is 1. The molecule has 2 heterocycles. The van der Waals surface area contributed by atoms with Gasteiger partial charge >= 0.3 is 6.03 Å². The smallest absolute Gasteiger partial charge is 0.319 e. The Morgan fingerprint density at radius 1 is 0.875 bits per heavy atom. The zero-order chi connectivity index (χ0) is 32.7. The van der Waals surface area contributed by atoms with Crippen molar-refractivity contribution in [3.05, 3.63) is 89.5 Å². The third kappa shape index (κ3) is 6.67. The molecule has 1 aliphatic heterocycles. The summed E-state index contributed by atoms with van der Waals surface area (Å²) in [6.45, 7) is -0.0203. The topological polar surface area (TPSA) is 144 Å². The van der Waals surface area contributed by atoms with E-state index in [-0.39, 0.29) is 36.1 Å². The van der Waals surface area contributed by atoms with Crippen molar-refractivity contribution in [1.82, 2.24) is 25.5 Å². The van der Waals surface area contributed by atoms with Crippen LogP contribution in [0.15, 0.2) is 78.0 Å². The summed E-state index contributed by atoms with van der Waals surface area (Å²) in [6.07, 6.45) is 6.89. The molecule has 3 aromatic carbocycles. The third-order valence-electron chi connectivity index (χ3n) is 10.4. The fourth-order valence-electron chi connectivity index (χ4n) is 8.61. The number of anilines is 1. The number of thioether (sulfide) groups is 1. The molecule has 3 atom stereocenters. The summed E-state index contributed by atoms with van der Waals surface area (Å²) in [5.74, 6) is 3.04. The molecule has 4 bridgehead atoms. The Bertz CT molecular complexity index is 1700. The Kier molecular flexibility index (Phi) is 8.58. The van der Waals surface area contributed by atoms with Crippen molar-refractivity contribution in [1.29, 1.82) is 0 Å². The van der Waals surface area contributed by atoms with E-state index in [0.717, 1.165) is 65.1 Å². The molecule has 11 nitrogen and oxygen atoms in total. The minimum Gasteiger partial charge on any atom is -0.508 e. The number of phenols is 1. The first kappa shape index (κ1) is 31.3. The number of hydrogen-bond donors (Lipinski definition) is 4. The van der Waals surface area contributed by atoms with Crippen molar-refractivity contribution in [2.45, 2.75) is 80.7 Å². The zero-order valence-corrected chi connectivity index (χ0v) is 27.4. The molecule has 5 aliphatic rings. The highest BCUT2D eigenvalue weighted by atomic mass is 32.2. The van der Waals surface area contributed by atoms with Gasteiger partial charge in [-0.15, -0.1) is 5.10 Å². The van der Waals surface area contributed by atoms with Crippen LogP contribution in [0.3, 0.4) is 0 Å². The second-order valence-corrected chi connectivity index (χ2v) is 14.9. The number of carbonyl (C=O) groups is 1. The molecule has 5 fully saturated rings. The fourth-order valence-corrected chi connectivity index (χ4v) is 9.51. The fraction of sp³-hybridized carbons (Fsp3) is 0.444. The average Bonchev–Trinajstić information content (AvgIpc) is 3.56. The Labute approximate surface area is 283 Å². The van der Waals surface area contributed by atoms with E-state index >= 15 is 0 Å². The van der Waals surface area contributed by atoms with Crippen LogP contribution in [0.4, 0.5) is 10.5 Å². The molecule has 2 amide bonds. The Morgan fingerprint density at radius 2 is 1.54 bits per heavy atom. The molecule has 0 spiro atoms. The number of phenolic OH excluding ortho intramolecular Hbond substituents is 1. The number of aromatic hydroxyl groups is 1. The zero-order valence-electron chi connectivity index (χ0n) is 26.6. The summed E-state index contributed by atoms with van der Waals surface area (Å²) >= 11 is 1.49. The average molecular weight is 669 g/mol. The highest BCUT2D eigenvalue weighted by Gasteiger charge is 2.51. The number of rotatable bonds is 9. The predicted octanol–water partition coefficient (Wildman–Crippen LogP) is 6.29. The predicted molar refractivity (Wildman–Crippen MR) is 179 cm³/mol. The molecule has 4 saturated carbocycles. The van der Waals surface area contributed by atoms with Crippen LogP contribution in [0.1, 0.15) is 74.0 Å². The van der Waals surface area contributed by atoms with Gasteiger partial charge < -0.3 is 30.3 Å². The molecule has 3 unspecified atom stereocenters. The number of aromatic nitrogens is 4. The molecule has 1 saturated heterocycles. The molecular weight excluding hydrogens is 629 g/mol. The standard InChI is InChI=1S/C36H40N6O5S/c43-20-22-1-3-26(4-2-22)32-16-31(21-48-35-39-40-41-42(35)29-9-11-30(44)12-10-29)46-33(47-32)27-5-7-28(8-6-27)37-34(45)38-36-17-23-13-24(18-36)15-25(14-23)19-36/h1-12,23-25,31-33,43-44H,13-21H2,(H2,37,38,45). The van der Waals surface area contributed by atoms with Gasteiger partial charge in [-0.25, -0.2) is 4.79 Å². The molecule has 250 valence electrons. The Hall–Kier alpha value is -3.97. The van der Waals surface area contributed by atoms with E-state index in [9.17, 15) is 15.0 Å².